The normalized spacial score (nSPS) is 22.0. The second kappa shape index (κ2) is 5.97. The molecule has 2 aliphatic heterocycles. The lowest BCUT2D eigenvalue weighted by Gasteiger charge is -2.20. The molecule has 4 rings (SSSR count). The molecule has 0 saturated carbocycles. The fourth-order valence-corrected chi connectivity index (χ4v) is 3.23. The van der Waals surface area contributed by atoms with Crippen LogP contribution in [0.2, 0.25) is 5.02 Å². The van der Waals surface area contributed by atoms with Crippen molar-refractivity contribution < 1.29 is 9.59 Å². The Bertz CT molecular complexity index is 864. The summed E-state index contributed by atoms with van der Waals surface area (Å²) in [6, 6.07) is 12.8. The lowest BCUT2D eigenvalue weighted by atomic mass is 10.1. The lowest BCUT2D eigenvalue weighted by molar-refractivity contribution is -0.121. The van der Waals surface area contributed by atoms with Crippen LogP contribution in [0.25, 0.3) is 0 Å². The number of carbonyl (C=O) groups is 2. The van der Waals surface area contributed by atoms with Crippen LogP contribution in [0.1, 0.15) is 12.5 Å². The number of rotatable bonds is 3. The van der Waals surface area contributed by atoms with Crippen molar-refractivity contribution >= 4 is 34.8 Å². The molecule has 1 fully saturated rings. The first kappa shape index (κ1) is 15.8. The van der Waals surface area contributed by atoms with E-state index in [-0.39, 0.29) is 11.8 Å². The Morgan fingerprint density at radius 3 is 2.24 bits per heavy atom. The van der Waals surface area contributed by atoms with Gasteiger partial charge in [-0.2, -0.15) is 5.11 Å². The summed E-state index contributed by atoms with van der Waals surface area (Å²) in [5, 5.41) is 10.1. The average molecular weight is 355 g/mol. The van der Waals surface area contributed by atoms with Crippen LogP contribution in [0.4, 0.5) is 11.4 Å². The Hall–Kier alpha value is -2.73. The van der Waals surface area contributed by atoms with Gasteiger partial charge in [-0.05, 0) is 48.4 Å². The minimum atomic E-state index is -0.811. The number of hydrogen-bond donors (Lipinski definition) is 0. The van der Waals surface area contributed by atoms with Gasteiger partial charge in [0, 0.05) is 5.02 Å². The minimum Gasteiger partial charge on any atom is -0.271 e. The second-order valence-electron chi connectivity index (χ2n) is 5.95. The van der Waals surface area contributed by atoms with Crippen molar-refractivity contribution in [2.75, 3.05) is 9.91 Å². The average Bonchev–Trinajstić information content (AvgIpc) is 3.17. The van der Waals surface area contributed by atoms with Crippen LogP contribution in [0.5, 0.6) is 0 Å². The predicted octanol–water partition coefficient (Wildman–Crippen LogP) is 3.40. The van der Waals surface area contributed by atoms with Crippen molar-refractivity contribution in [3.05, 3.63) is 59.1 Å². The Balaban J connectivity index is 1.66. The molecule has 2 heterocycles. The third-order valence-corrected chi connectivity index (χ3v) is 4.73. The first-order valence-corrected chi connectivity index (χ1v) is 8.40. The van der Waals surface area contributed by atoms with E-state index in [4.69, 9.17) is 11.6 Å². The second-order valence-corrected chi connectivity index (χ2v) is 6.38. The minimum absolute atomic E-state index is 0.320. The molecule has 7 heteroatoms. The van der Waals surface area contributed by atoms with Crippen LogP contribution in [-0.4, -0.2) is 23.9 Å². The number of amides is 2. The van der Waals surface area contributed by atoms with Crippen molar-refractivity contribution in [1.82, 2.24) is 0 Å². The van der Waals surface area contributed by atoms with Gasteiger partial charge in [0.2, 0.25) is 0 Å². The SMILES string of the molecule is CCc1ccc(N2C(=O)[C@@H]3[C@@H](N=NN3c3ccc(Cl)cc3)C2=O)cc1. The van der Waals surface area contributed by atoms with Gasteiger partial charge in [-0.25, -0.2) is 9.91 Å². The zero-order chi connectivity index (χ0) is 17.6. The van der Waals surface area contributed by atoms with Gasteiger partial charge in [0.05, 0.1) is 11.4 Å². The molecule has 2 aliphatic rings. The van der Waals surface area contributed by atoms with E-state index in [1.54, 1.807) is 36.4 Å². The topological polar surface area (TPSA) is 65.3 Å². The van der Waals surface area contributed by atoms with Gasteiger partial charge in [-0.3, -0.25) is 9.59 Å². The highest BCUT2D eigenvalue weighted by atomic mass is 35.5. The summed E-state index contributed by atoms with van der Waals surface area (Å²) in [7, 11) is 0. The Morgan fingerprint density at radius 2 is 1.60 bits per heavy atom. The van der Waals surface area contributed by atoms with E-state index >= 15 is 0 Å². The van der Waals surface area contributed by atoms with Crippen molar-refractivity contribution in [2.45, 2.75) is 25.4 Å². The Kier molecular flexibility index (Phi) is 3.77. The number of nitrogens with zero attached hydrogens (tertiary/aromatic N) is 4. The molecule has 0 spiro atoms. The summed E-state index contributed by atoms with van der Waals surface area (Å²) in [6.45, 7) is 2.05. The monoisotopic (exact) mass is 354 g/mol. The van der Waals surface area contributed by atoms with Crippen LogP contribution in [0.15, 0.2) is 58.9 Å². The number of hydrogen-bond acceptors (Lipinski definition) is 5. The molecule has 0 unspecified atom stereocenters. The number of aryl methyl sites for hydroxylation is 1. The van der Waals surface area contributed by atoms with Gasteiger partial charge in [0.15, 0.2) is 12.1 Å². The van der Waals surface area contributed by atoms with E-state index in [1.165, 1.54) is 9.91 Å². The maximum Gasteiger partial charge on any atom is 0.263 e. The van der Waals surface area contributed by atoms with E-state index in [0.717, 1.165) is 12.0 Å². The van der Waals surface area contributed by atoms with Crippen molar-refractivity contribution in [3.63, 3.8) is 0 Å². The van der Waals surface area contributed by atoms with Gasteiger partial charge >= 0.3 is 0 Å². The van der Waals surface area contributed by atoms with Gasteiger partial charge in [-0.1, -0.05) is 35.9 Å². The highest BCUT2D eigenvalue weighted by Crippen LogP contribution is 2.35. The highest BCUT2D eigenvalue weighted by molar-refractivity contribution is 6.30. The maximum absolute atomic E-state index is 12.9. The molecular formula is C18H15ClN4O2. The fourth-order valence-electron chi connectivity index (χ4n) is 3.10. The quantitative estimate of drug-likeness (QED) is 0.793. The van der Waals surface area contributed by atoms with Crippen LogP contribution >= 0.6 is 11.6 Å². The van der Waals surface area contributed by atoms with Crippen LogP contribution in [0.3, 0.4) is 0 Å². The molecule has 0 aromatic heterocycles. The molecule has 6 nitrogen and oxygen atoms in total. The number of anilines is 2. The standard InChI is InChI=1S/C18H15ClN4O2/c1-2-11-3-7-13(8-4-11)22-17(24)15-16(18(22)25)23(21-20-15)14-9-5-12(19)6-10-14/h3-10,15-16H,2H2,1H3/t15-,16+/m1/s1. The summed E-state index contributed by atoms with van der Waals surface area (Å²) in [4.78, 5) is 26.8. The Morgan fingerprint density at radius 1 is 0.960 bits per heavy atom. The smallest absolute Gasteiger partial charge is 0.263 e. The van der Waals surface area contributed by atoms with Gasteiger partial charge in [0.1, 0.15) is 0 Å². The van der Waals surface area contributed by atoms with Crippen LogP contribution < -0.4 is 9.91 Å². The largest absolute Gasteiger partial charge is 0.271 e. The molecule has 2 amide bonds. The first-order valence-electron chi connectivity index (χ1n) is 8.02. The molecule has 126 valence electrons. The zero-order valence-corrected chi connectivity index (χ0v) is 14.2. The van der Waals surface area contributed by atoms with Gasteiger partial charge < -0.3 is 0 Å². The fraction of sp³-hybridized carbons (Fsp3) is 0.222. The lowest BCUT2D eigenvalue weighted by Crippen LogP contribution is -2.39. The molecule has 1 saturated heterocycles. The molecule has 2 aromatic rings. The number of benzene rings is 2. The third-order valence-electron chi connectivity index (χ3n) is 4.48. The van der Waals surface area contributed by atoms with Crippen molar-refractivity contribution in [1.29, 1.82) is 0 Å². The van der Waals surface area contributed by atoms with E-state index in [0.29, 0.717) is 16.4 Å². The number of carbonyl (C=O) groups excluding carboxylic acids is 2. The summed E-state index contributed by atoms with van der Waals surface area (Å²) >= 11 is 5.91. The predicted molar refractivity (Wildman–Crippen MR) is 94.7 cm³/mol. The molecule has 0 radical (unpaired) electrons. The van der Waals surface area contributed by atoms with Crippen molar-refractivity contribution in [2.24, 2.45) is 10.3 Å². The molecular weight excluding hydrogens is 340 g/mol. The molecule has 25 heavy (non-hydrogen) atoms. The van der Waals surface area contributed by atoms with E-state index in [1.807, 2.05) is 12.1 Å². The molecule has 0 N–H and O–H groups in total. The molecule has 0 bridgehead atoms. The summed E-state index contributed by atoms with van der Waals surface area (Å²) < 4.78 is 0. The van der Waals surface area contributed by atoms with Crippen LogP contribution in [0, 0.1) is 0 Å². The molecule has 0 aliphatic carbocycles. The number of fused-ring (bicyclic) bond motifs is 1. The van der Waals surface area contributed by atoms with Crippen LogP contribution in [-0.2, 0) is 16.0 Å². The molecule has 2 atom stereocenters. The van der Waals surface area contributed by atoms with Crippen molar-refractivity contribution in [3.8, 4) is 0 Å². The highest BCUT2D eigenvalue weighted by Gasteiger charge is 2.55. The van der Waals surface area contributed by atoms with Gasteiger partial charge in [0.25, 0.3) is 11.8 Å². The van der Waals surface area contributed by atoms with E-state index < -0.39 is 12.1 Å². The Labute approximate surface area is 149 Å². The zero-order valence-electron chi connectivity index (χ0n) is 13.5. The third kappa shape index (κ3) is 2.49. The number of imide groups is 1. The maximum atomic E-state index is 12.9. The summed E-state index contributed by atoms with van der Waals surface area (Å²) in [5.41, 5.74) is 2.38. The summed E-state index contributed by atoms with van der Waals surface area (Å²) in [6.07, 6.45) is 0.895. The van der Waals surface area contributed by atoms with E-state index in [2.05, 4.69) is 17.3 Å². The molecule has 2 aromatic carbocycles. The summed E-state index contributed by atoms with van der Waals surface area (Å²) in [5.74, 6) is -0.668. The number of halogens is 1. The van der Waals surface area contributed by atoms with Gasteiger partial charge in [-0.15, -0.1) is 0 Å². The first-order chi connectivity index (χ1) is 12.1. The van der Waals surface area contributed by atoms with E-state index in [9.17, 15) is 9.59 Å².